The smallest absolute Gasteiger partial charge is 0.0377 e. The lowest BCUT2D eigenvalue weighted by Gasteiger charge is -2.14. The quantitative estimate of drug-likeness (QED) is 0.450. The molecule has 0 aromatic carbocycles. The van der Waals surface area contributed by atoms with Crippen LogP contribution >= 0.6 is 0 Å². The fraction of sp³-hybridized carbons (Fsp3) is 0.889. The second kappa shape index (κ2) is 5.16. The van der Waals surface area contributed by atoms with Gasteiger partial charge in [0.15, 0.2) is 0 Å². The van der Waals surface area contributed by atoms with Crippen LogP contribution in [0, 0.1) is 5.92 Å². The number of hydrazone groups is 1. The first-order chi connectivity index (χ1) is 5.11. The average molecular weight is 156 g/mol. The topological polar surface area (TPSA) is 15.6 Å². The van der Waals surface area contributed by atoms with E-state index in [2.05, 4.69) is 32.8 Å². The maximum atomic E-state index is 4.42. The van der Waals surface area contributed by atoms with Gasteiger partial charge in [-0.05, 0) is 26.2 Å². The number of hydrogen-bond donors (Lipinski definition) is 0. The van der Waals surface area contributed by atoms with Crippen molar-refractivity contribution in [1.29, 1.82) is 0 Å². The zero-order chi connectivity index (χ0) is 8.85. The molecule has 0 aliphatic carbocycles. The van der Waals surface area contributed by atoms with Gasteiger partial charge in [-0.15, -0.1) is 0 Å². The molecule has 0 aliphatic heterocycles. The Balaban J connectivity index is 3.98. The van der Waals surface area contributed by atoms with E-state index in [1.807, 2.05) is 12.1 Å². The lowest BCUT2D eigenvalue weighted by atomic mass is 10.1. The minimum atomic E-state index is 0.615. The Labute approximate surface area is 70.3 Å². The molecule has 0 spiro atoms. The minimum Gasteiger partial charge on any atom is -0.300 e. The summed E-state index contributed by atoms with van der Waals surface area (Å²) in [5, 5.41) is 6.39. The van der Waals surface area contributed by atoms with Crippen molar-refractivity contribution in [2.75, 3.05) is 13.6 Å². The van der Waals surface area contributed by atoms with E-state index in [-0.39, 0.29) is 0 Å². The Morgan fingerprint density at radius 3 is 2.36 bits per heavy atom. The van der Waals surface area contributed by atoms with Gasteiger partial charge in [0.05, 0.1) is 0 Å². The van der Waals surface area contributed by atoms with E-state index in [9.17, 15) is 0 Å². The summed E-state index contributed by atoms with van der Waals surface area (Å²) in [5.41, 5.74) is 1.23. The Morgan fingerprint density at radius 1 is 1.45 bits per heavy atom. The Bertz CT molecular complexity index is 130. The van der Waals surface area contributed by atoms with Gasteiger partial charge in [0, 0.05) is 19.3 Å². The second-order valence-electron chi connectivity index (χ2n) is 3.02. The van der Waals surface area contributed by atoms with E-state index in [1.165, 1.54) is 12.1 Å². The minimum absolute atomic E-state index is 0.615. The molecule has 0 aromatic heterocycles. The molecule has 1 atom stereocenters. The van der Waals surface area contributed by atoms with Crippen LogP contribution in [0.1, 0.15) is 34.1 Å². The van der Waals surface area contributed by atoms with Crippen LogP contribution < -0.4 is 0 Å². The van der Waals surface area contributed by atoms with Gasteiger partial charge in [-0.2, -0.15) is 5.10 Å². The van der Waals surface area contributed by atoms with Crippen molar-refractivity contribution in [3.8, 4) is 0 Å². The van der Waals surface area contributed by atoms with E-state index in [0.717, 1.165) is 6.54 Å². The summed E-state index contributed by atoms with van der Waals surface area (Å²) < 4.78 is 0. The highest BCUT2D eigenvalue weighted by atomic mass is 15.4. The maximum absolute atomic E-state index is 4.42. The average Bonchev–Trinajstić information content (AvgIpc) is 2.02. The van der Waals surface area contributed by atoms with Crippen molar-refractivity contribution in [3.05, 3.63) is 0 Å². The number of rotatable bonds is 4. The van der Waals surface area contributed by atoms with Crippen molar-refractivity contribution in [2.45, 2.75) is 34.1 Å². The summed E-state index contributed by atoms with van der Waals surface area (Å²) in [6.07, 6.45) is 1.17. The van der Waals surface area contributed by atoms with Gasteiger partial charge in [0.1, 0.15) is 0 Å². The van der Waals surface area contributed by atoms with Crippen molar-refractivity contribution in [1.82, 2.24) is 5.01 Å². The summed E-state index contributed by atoms with van der Waals surface area (Å²) in [6.45, 7) is 9.58. The molecular formula is C9H20N2. The molecule has 0 rings (SSSR count). The highest BCUT2D eigenvalue weighted by Gasteiger charge is 2.02. The normalized spacial score (nSPS) is 14.8. The van der Waals surface area contributed by atoms with Gasteiger partial charge in [0.25, 0.3) is 0 Å². The van der Waals surface area contributed by atoms with Crippen molar-refractivity contribution in [3.63, 3.8) is 0 Å². The standard InChI is InChI=1S/C9H20N2/c1-6-8(3)9(4)10-11(5)7-2/h8H,6-7H2,1-5H3/b10-9+. The largest absolute Gasteiger partial charge is 0.300 e. The highest BCUT2D eigenvalue weighted by Crippen LogP contribution is 2.03. The molecule has 0 fully saturated rings. The monoisotopic (exact) mass is 156 g/mol. The molecule has 66 valence electrons. The second-order valence-corrected chi connectivity index (χ2v) is 3.02. The molecule has 0 saturated heterocycles. The first-order valence-corrected chi connectivity index (χ1v) is 4.38. The lowest BCUT2D eigenvalue weighted by molar-refractivity contribution is 0.371. The zero-order valence-electron chi connectivity index (χ0n) is 8.39. The van der Waals surface area contributed by atoms with Crippen molar-refractivity contribution >= 4 is 5.71 Å². The van der Waals surface area contributed by atoms with E-state index in [4.69, 9.17) is 0 Å². The van der Waals surface area contributed by atoms with E-state index in [1.54, 1.807) is 0 Å². The third-order valence-electron chi connectivity index (χ3n) is 2.11. The van der Waals surface area contributed by atoms with Crippen molar-refractivity contribution in [2.24, 2.45) is 11.0 Å². The van der Waals surface area contributed by atoms with Gasteiger partial charge in [-0.1, -0.05) is 13.8 Å². The van der Waals surface area contributed by atoms with Gasteiger partial charge in [0.2, 0.25) is 0 Å². The number of hydrogen-bond acceptors (Lipinski definition) is 2. The molecule has 11 heavy (non-hydrogen) atoms. The van der Waals surface area contributed by atoms with Crippen LogP contribution in [0.5, 0.6) is 0 Å². The van der Waals surface area contributed by atoms with Crippen molar-refractivity contribution < 1.29 is 0 Å². The summed E-state index contributed by atoms with van der Waals surface area (Å²) in [4.78, 5) is 0. The van der Waals surface area contributed by atoms with Crippen LogP contribution in [0.4, 0.5) is 0 Å². The van der Waals surface area contributed by atoms with E-state index in [0.29, 0.717) is 5.92 Å². The predicted molar refractivity (Wildman–Crippen MR) is 50.9 cm³/mol. The van der Waals surface area contributed by atoms with Crippen LogP contribution in [0.25, 0.3) is 0 Å². The summed E-state index contributed by atoms with van der Waals surface area (Å²) in [6, 6.07) is 0. The molecule has 2 nitrogen and oxygen atoms in total. The number of nitrogens with zero attached hydrogens (tertiary/aromatic N) is 2. The van der Waals surface area contributed by atoms with Crippen LogP contribution in [0.2, 0.25) is 0 Å². The molecule has 0 aliphatic rings. The molecule has 0 amide bonds. The molecule has 0 radical (unpaired) electrons. The van der Waals surface area contributed by atoms with Crippen LogP contribution in [0.3, 0.4) is 0 Å². The zero-order valence-corrected chi connectivity index (χ0v) is 8.39. The first kappa shape index (κ1) is 10.5. The molecule has 0 aromatic rings. The lowest BCUT2D eigenvalue weighted by Crippen LogP contribution is -2.15. The third-order valence-corrected chi connectivity index (χ3v) is 2.11. The molecule has 2 heteroatoms. The molecule has 1 unspecified atom stereocenters. The molecule has 0 heterocycles. The Kier molecular flexibility index (Phi) is 4.92. The fourth-order valence-corrected chi connectivity index (χ4v) is 0.734. The summed E-state index contributed by atoms with van der Waals surface area (Å²) in [5.74, 6) is 0.615. The van der Waals surface area contributed by atoms with Gasteiger partial charge in [-0.25, -0.2) is 0 Å². The van der Waals surface area contributed by atoms with Gasteiger partial charge < -0.3 is 5.01 Å². The van der Waals surface area contributed by atoms with Crippen LogP contribution in [-0.4, -0.2) is 24.3 Å². The summed E-state index contributed by atoms with van der Waals surface area (Å²) >= 11 is 0. The van der Waals surface area contributed by atoms with E-state index < -0.39 is 0 Å². The van der Waals surface area contributed by atoms with E-state index >= 15 is 0 Å². The fourth-order valence-electron chi connectivity index (χ4n) is 0.734. The van der Waals surface area contributed by atoms with Crippen LogP contribution in [0.15, 0.2) is 5.10 Å². The van der Waals surface area contributed by atoms with Gasteiger partial charge in [-0.3, -0.25) is 0 Å². The Hall–Kier alpha value is -0.530. The van der Waals surface area contributed by atoms with Crippen LogP contribution in [-0.2, 0) is 0 Å². The molecule has 0 N–H and O–H groups in total. The molecular weight excluding hydrogens is 136 g/mol. The molecule has 0 bridgehead atoms. The third kappa shape index (κ3) is 4.02. The predicted octanol–water partition coefficient (Wildman–Crippen LogP) is 2.36. The SMILES string of the molecule is CCC(C)/C(C)=N/N(C)CC. The highest BCUT2D eigenvalue weighted by molar-refractivity contribution is 5.83. The summed E-state index contributed by atoms with van der Waals surface area (Å²) in [7, 11) is 2.01. The first-order valence-electron chi connectivity index (χ1n) is 4.38. The Morgan fingerprint density at radius 2 is 2.00 bits per heavy atom. The molecule has 0 saturated carbocycles. The van der Waals surface area contributed by atoms with Gasteiger partial charge >= 0.3 is 0 Å². The maximum Gasteiger partial charge on any atom is 0.0377 e.